The number of nitrogens with two attached hydrogens (primary N) is 1. The van der Waals surface area contributed by atoms with Crippen LogP contribution in [-0.4, -0.2) is 26.7 Å². The molecule has 1 aliphatic carbocycles. The third-order valence-electron chi connectivity index (χ3n) is 6.47. The van der Waals surface area contributed by atoms with E-state index in [0.29, 0.717) is 28.8 Å². The first-order valence-electron chi connectivity index (χ1n) is 11.6. The van der Waals surface area contributed by atoms with Crippen LogP contribution in [0.5, 0.6) is 0 Å². The van der Waals surface area contributed by atoms with Crippen molar-refractivity contribution in [1.82, 2.24) is 25.0 Å². The van der Waals surface area contributed by atoms with E-state index in [2.05, 4.69) is 34.5 Å². The number of pyridine rings is 1. The minimum Gasteiger partial charge on any atom is -0.382 e. The maximum atomic E-state index is 12.5. The van der Waals surface area contributed by atoms with Crippen LogP contribution in [0.2, 0.25) is 0 Å². The molecule has 1 aromatic carbocycles. The second-order valence-corrected chi connectivity index (χ2v) is 9.03. The van der Waals surface area contributed by atoms with Crippen LogP contribution in [0.4, 0.5) is 5.82 Å². The van der Waals surface area contributed by atoms with E-state index in [1.165, 1.54) is 5.56 Å². The van der Waals surface area contributed by atoms with Gasteiger partial charge in [0, 0.05) is 42.0 Å². The van der Waals surface area contributed by atoms with Gasteiger partial charge in [-0.05, 0) is 43.9 Å². The number of hydrogen-bond acceptors (Lipinski definition) is 7. The van der Waals surface area contributed by atoms with E-state index in [1.54, 1.807) is 18.3 Å². The molecular weight excluding hydrogens is 428 g/mol. The Hall–Kier alpha value is -3.78. The number of nitrogen functional groups attached to an aromatic ring is 1. The number of nitrogens with zero attached hydrogens (tertiary/aromatic N) is 4. The van der Waals surface area contributed by atoms with Crippen LogP contribution < -0.4 is 16.6 Å². The lowest BCUT2D eigenvalue weighted by Crippen LogP contribution is -2.22. The summed E-state index contributed by atoms with van der Waals surface area (Å²) in [6, 6.07) is 13.5. The second kappa shape index (κ2) is 9.23. The smallest absolute Gasteiger partial charge is 0.250 e. The molecule has 2 atom stereocenters. The summed E-state index contributed by atoms with van der Waals surface area (Å²) in [6.07, 6.45) is 6.67. The average molecular weight is 457 g/mol. The molecule has 0 radical (unpaired) electrons. The Morgan fingerprint density at radius 3 is 2.65 bits per heavy atom. The van der Waals surface area contributed by atoms with E-state index >= 15 is 0 Å². The highest BCUT2D eigenvalue weighted by atomic mass is 16.5. The molecule has 8 nitrogen and oxygen atoms in total. The van der Waals surface area contributed by atoms with Crippen molar-refractivity contribution in [2.45, 2.75) is 38.8 Å². The topological polar surface area (TPSA) is 112 Å². The summed E-state index contributed by atoms with van der Waals surface area (Å²) >= 11 is 0. The van der Waals surface area contributed by atoms with Gasteiger partial charge in [0.05, 0.1) is 11.9 Å². The van der Waals surface area contributed by atoms with Crippen LogP contribution in [0, 0.1) is 5.92 Å². The number of aromatic nitrogens is 4. The number of nitrogens with one attached hydrogen (secondary N) is 1. The van der Waals surface area contributed by atoms with Gasteiger partial charge in [0.15, 0.2) is 17.3 Å². The lowest BCUT2D eigenvalue weighted by Gasteiger charge is -2.15. The lowest BCUT2D eigenvalue weighted by molar-refractivity contribution is 0.434. The van der Waals surface area contributed by atoms with Crippen LogP contribution in [0.1, 0.15) is 37.8 Å². The monoisotopic (exact) mass is 456 g/mol. The molecule has 0 bridgehead atoms. The molecule has 34 heavy (non-hydrogen) atoms. The van der Waals surface area contributed by atoms with Crippen molar-refractivity contribution >= 4 is 5.82 Å². The summed E-state index contributed by atoms with van der Waals surface area (Å²) in [4.78, 5) is 21.6. The summed E-state index contributed by atoms with van der Waals surface area (Å²) in [6.45, 7) is 3.03. The van der Waals surface area contributed by atoms with Gasteiger partial charge in [0.2, 0.25) is 0 Å². The highest BCUT2D eigenvalue weighted by molar-refractivity contribution is 5.72. The standard InChI is InChI=1S/C26H28N6O2/c1-16-3-9-20(11-16)32-15-19(8-10-24(32)33)22-14-29-26(27)25(30-22)23-12-21(31-34-23)18-6-4-17(5-7-18)13-28-2/h4-8,10,12,14-16,20,28H,3,9,11,13H2,1-2H3,(H2,27,29). The van der Waals surface area contributed by atoms with Gasteiger partial charge in [0.1, 0.15) is 5.69 Å². The maximum Gasteiger partial charge on any atom is 0.250 e. The fourth-order valence-electron chi connectivity index (χ4n) is 4.61. The molecule has 1 saturated carbocycles. The predicted octanol–water partition coefficient (Wildman–Crippen LogP) is 4.29. The van der Waals surface area contributed by atoms with E-state index in [9.17, 15) is 4.79 Å². The Balaban J connectivity index is 1.46. The summed E-state index contributed by atoms with van der Waals surface area (Å²) in [7, 11) is 1.92. The quantitative estimate of drug-likeness (QED) is 0.445. The Morgan fingerprint density at radius 1 is 1.12 bits per heavy atom. The molecule has 1 aliphatic rings. The van der Waals surface area contributed by atoms with Crippen molar-refractivity contribution in [2.24, 2.45) is 5.92 Å². The second-order valence-electron chi connectivity index (χ2n) is 9.03. The maximum absolute atomic E-state index is 12.5. The van der Waals surface area contributed by atoms with Gasteiger partial charge in [-0.15, -0.1) is 0 Å². The number of anilines is 1. The van der Waals surface area contributed by atoms with Crippen LogP contribution in [-0.2, 0) is 6.54 Å². The Labute approximate surface area is 197 Å². The molecule has 3 heterocycles. The van der Waals surface area contributed by atoms with Crippen molar-refractivity contribution in [3.63, 3.8) is 0 Å². The molecule has 0 amide bonds. The van der Waals surface area contributed by atoms with E-state index in [0.717, 1.165) is 36.9 Å². The number of benzene rings is 1. The highest BCUT2D eigenvalue weighted by Crippen LogP contribution is 2.34. The van der Waals surface area contributed by atoms with E-state index in [4.69, 9.17) is 15.2 Å². The molecule has 4 aromatic rings. The van der Waals surface area contributed by atoms with Gasteiger partial charge in [0.25, 0.3) is 5.56 Å². The van der Waals surface area contributed by atoms with Crippen molar-refractivity contribution < 1.29 is 4.52 Å². The predicted molar refractivity (Wildman–Crippen MR) is 132 cm³/mol. The van der Waals surface area contributed by atoms with Gasteiger partial charge >= 0.3 is 0 Å². The third kappa shape index (κ3) is 4.36. The average Bonchev–Trinajstić information content (AvgIpc) is 3.50. The third-order valence-corrected chi connectivity index (χ3v) is 6.47. The first-order chi connectivity index (χ1) is 16.5. The van der Waals surface area contributed by atoms with Crippen LogP contribution in [0.3, 0.4) is 0 Å². The lowest BCUT2D eigenvalue weighted by atomic mass is 10.1. The summed E-state index contributed by atoms with van der Waals surface area (Å²) in [5.41, 5.74) is 10.8. The zero-order valence-corrected chi connectivity index (χ0v) is 19.4. The number of rotatable bonds is 6. The molecule has 8 heteroatoms. The minimum atomic E-state index is 0.00657. The Morgan fingerprint density at radius 2 is 1.91 bits per heavy atom. The van der Waals surface area contributed by atoms with Crippen molar-refractivity contribution in [3.8, 4) is 34.0 Å². The van der Waals surface area contributed by atoms with Crippen molar-refractivity contribution in [2.75, 3.05) is 12.8 Å². The summed E-state index contributed by atoms with van der Waals surface area (Å²) in [5.74, 6) is 1.33. The van der Waals surface area contributed by atoms with E-state index in [1.807, 2.05) is 36.0 Å². The van der Waals surface area contributed by atoms with Crippen molar-refractivity contribution in [1.29, 1.82) is 0 Å². The molecule has 5 rings (SSSR count). The van der Waals surface area contributed by atoms with Crippen molar-refractivity contribution in [3.05, 3.63) is 70.8 Å². The van der Waals surface area contributed by atoms with Gasteiger partial charge in [-0.25, -0.2) is 9.97 Å². The van der Waals surface area contributed by atoms with Crippen LogP contribution >= 0.6 is 0 Å². The Kier molecular flexibility index (Phi) is 5.98. The Bertz CT molecular complexity index is 1360. The molecule has 3 N–H and O–H groups in total. The molecule has 0 aliphatic heterocycles. The van der Waals surface area contributed by atoms with Gasteiger partial charge < -0.3 is 20.1 Å². The summed E-state index contributed by atoms with van der Waals surface area (Å²) in [5, 5.41) is 7.34. The van der Waals surface area contributed by atoms with Crippen LogP contribution in [0.15, 0.2) is 64.2 Å². The SMILES string of the molecule is CNCc1ccc(-c2cc(-c3nc(-c4ccc(=O)n(C5CCC(C)C5)c4)cnc3N)on2)cc1. The molecule has 2 unspecified atom stereocenters. The first kappa shape index (κ1) is 22.0. The molecule has 1 fully saturated rings. The van der Waals surface area contributed by atoms with E-state index in [-0.39, 0.29) is 17.4 Å². The highest BCUT2D eigenvalue weighted by Gasteiger charge is 2.24. The summed E-state index contributed by atoms with van der Waals surface area (Å²) < 4.78 is 7.42. The largest absolute Gasteiger partial charge is 0.382 e. The zero-order chi connectivity index (χ0) is 23.7. The molecule has 3 aromatic heterocycles. The minimum absolute atomic E-state index is 0.00657. The molecule has 0 saturated heterocycles. The number of hydrogen-bond donors (Lipinski definition) is 2. The zero-order valence-electron chi connectivity index (χ0n) is 19.4. The molecule has 174 valence electrons. The normalized spacial score (nSPS) is 17.8. The van der Waals surface area contributed by atoms with E-state index < -0.39 is 0 Å². The van der Waals surface area contributed by atoms with Gasteiger partial charge in [-0.3, -0.25) is 4.79 Å². The first-order valence-corrected chi connectivity index (χ1v) is 11.6. The molecular formula is C26H28N6O2. The fourth-order valence-corrected chi connectivity index (χ4v) is 4.61. The van der Waals surface area contributed by atoms with Gasteiger partial charge in [-0.1, -0.05) is 36.3 Å². The van der Waals surface area contributed by atoms with Gasteiger partial charge in [-0.2, -0.15) is 0 Å². The fraction of sp³-hybridized carbons (Fsp3) is 0.308. The van der Waals surface area contributed by atoms with Crippen LogP contribution in [0.25, 0.3) is 34.0 Å². The molecule has 0 spiro atoms.